The predicted molar refractivity (Wildman–Crippen MR) is 97.1 cm³/mol. The molecule has 3 fully saturated rings. The third-order valence-electron chi connectivity index (χ3n) is 6.21. The Morgan fingerprint density at radius 3 is 2.40 bits per heavy atom. The second kappa shape index (κ2) is 6.75. The summed E-state index contributed by atoms with van der Waals surface area (Å²) < 4.78 is 0. The molecule has 0 aromatic rings. The van der Waals surface area contributed by atoms with Gasteiger partial charge in [-0.05, 0) is 56.8 Å². The maximum Gasteiger partial charge on any atom is 0.317 e. The number of carbonyl (C=O) groups is 2. The molecule has 3 saturated carbocycles. The average molecular weight is 348 g/mol. The molecule has 1 amide bonds. The van der Waals surface area contributed by atoms with Crippen LogP contribution in [0, 0.1) is 23.2 Å². The summed E-state index contributed by atoms with van der Waals surface area (Å²) >= 11 is 0. The SMILES string of the molecule is CC(C)=CC1C(C(=O)NC2CC(N(CC(=O)O)CC3CC3)C2)C1(C)C. The first-order valence-corrected chi connectivity index (χ1v) is 9.59. The van der Waals surface area contributed by atoms with Gasteiger partial charge in [0.15, 0.2) is 0 Å². The number of aliphatic carboxylic acids is 1. The van der Waals surface area contributed by atoms with Crippen molar-refractivity contribution in [2.24, 2.45) is 23.2 Å². The third-order valence-corrected chi connectivity index (χ3v) is 6.21. The summed E-state index contributed by atoms with van der Waals surface area (Å²) in [4.78, 5) is 25.8. The molecule has 3 rings (SSSR count). The van der Waals surface area contributed by atoms with E-state index < -0.39 is 5.97 Å². The maximum atomic E-state index is 12.6. The minimum absolute atomic E-state index is 0.0474. The van der Waals surface area contributed by atoms with Crippen LogP contribution in [-0.2, 0) is 9.59 Å². The van der Waals surface area contributed by atoms with Crippen LogP contribution >= 0.6 is 0 Å². The van der Waals surface area contributed by atoms with Crippen LogP contribution in [0.3, 0.4) is 0 Å². The third kappa shape index (κ3) is 4.25. The molecular weight excluding hydrogens is 316 g/mol. The number of carboxylic acid groups (broad SMARTS) is 1. The Balaban J connectivity index is 1.47. The van der Waals surface area contributed by atoms with Gasteiger partial charge in [0.25, 0.3) is 0 Å². The van der Waals surface area contributed by atoms with Crippen LogP contribution in [0.1, 0.15) is 53.4 Å². The number of allylic oxidation sites excluding steroid dienone is 2. The van der Waals surface area contributed by atoms with Gasteiger partial charge in [-0.2, -0.15) is 0 Å². The molecule has 0 heterocycles. The fourth-order valence-electron chi connectivity index (χ4n) is 4.29. The lowest BCUT2D eigenvalue weighted by molar-refractivity contribution is -0.140. The number of amides is 1. The summed E-state index contributed by atoms with van der Waals surface area (Å²) in [5.41, 5.74) is 1.31. The number of carboxylic acids is 1. The molecule has 2 atom stereocenters. The molecule has 0 aromatic heterocycles. The van der Waals surface area contributed by atoms with Gasteiger partial charge in [0.2, 0.25) is 5.91 Å². The minimum atomic E-state index is -0.752. The second-order valence-electron chi connectivity index (χ2n) is 9.17. The predicted octanol–water partition coefficient (Wildman–Crippen LogP) is 2.67. The van der Waals surface area contributed by atoms with Gasteiger partial charge in [-0.3, -0.25) is 14.5 Å². The zero-order valence-electron chi connectivity index (χ0n) is 15.9. The van der Waals surface area contributed by atoms with Gasteiger partial charge in [0, 0.05) is 18.6 Å². The molecule has 0 saturated heterocycles. The van der Waals surface area contributed by atoms with E-state index in [9.17, 15) is 9.59 Å². The molecule has 2 N–H and O–H groups in total. The van der Waals surface area contributed by atoms with E-state index in [2.05, 4.69) is 44.0 Å². The highest BCUT2D eigenvalue weighted by atomic mass is 16.4. The Kier molecular flexibility index (Phi) is 4.97. The fraction of sp³-hybridized carbons (Fsp3) is 0.800. The number of hydrogen-bond donors (Lipinski definition) is 2. The van der Waals surface area contributed by atoms with E-state index in [-0.39, 0.29) is 29.8 Å². The molecule has 0 aromatic carbocycles. The number of carbonyl (C=O) groups excluding carboxylic acids is 1. The van der Waals surface area contributed by atoms with Crippen LogP contribution in [0.2, 0.25) is 0 Å². The lowest BCUT2D eigenvalue weighted by Crippen LogP contribution is -2.55. The van der Waals surface area contributed by atoms with E-state index in [0.717, 1.165) is 19.4 Å². The normalized spacial score (nSPS) is 32.7. The molecular formula is C20H32N2O3. The van der Waals surface area contributed by atoms with Crippen LogP contribution in [-0.4, -0.2) is 47.1 Å². The number of nitrogens with zero attached hydrogens (tertiary/aromatic N) is 1. The standard InChI is InChI=1S/C20H32N2O3/c1-12(2)7-16-18(20(16,3)4)19(25)21-14-8-15(9-14)22(11-17(23)24)10-13-5-6-13/h7,13-16,18H,5-6,8-11H2,1-4H3,(H,21,25)(H,23,24). The lowest BCUT2D eigenvalue weighted by Gasteiger charge is -2.42. The minimum Gasteiger partial charge on any atom is -0.480 e. The van der Waals surface area contributed by atoms with Crippen molar-refractivity contribution < 1.29 is 14.7 Å². The molecule has 2 unspecified atom stereocenters. The van der Waals surface area contributed by atoms with Crippen molar-refractivity contribution in [3.8, 4) is 0 Å². The number of rotatable bonds is 8. The van der Waals surface area contributed by atoms with Gasteiger partial charge in [0.05, 0.1) is 12.5 Å². The second-order valence-corrected chi connectivity index (χ2v) is 9.17. The van der Waals surface area contributed by atoms with E-state index in [0.29, 0.717) is 17.9 Å². The zero-order chi connectivity index (χ0) is 18.4. The van der Waals surface area contributed by atoms with Crippen molar-refractivity contribution in [1.82, 2.24) is 10.2 Å². The fourth-order valence-corrected chi connectivity index (χ4v) is 4.29. The summed E-state index contributed by atoms with van der Waals surface area (Å²) in [6, 6.07) is 0.513. The van der Waals surface area contributed by atoms with E-state index in [1.54, 1.807) is 0 Å². The van der Waals surface area contributed by atoms with E-state index in [4.69, 9.17) is 5.11 Å². The van der Waals surface area contributed by atoms with Crippen LogP contribution < -0.4 is 5.32 Å². The first-order chi connectivity index (χ1) is 11.7. The summed E-state index contributed by atoms with van der Waals surface area (Å²) in [5.74, 6) is 0.514. The van der Waals surface area contributed by atoms with Crippen molar-refractivity contribution in [2.75, 3.05) is 13.1 Å². The van der Waals surface area contributed by atoms with Crippen molar-refractivity contribution in [3.05, 3.63) is 11.6 Å². The van der Waals surface area contributed by atoms with Crippen molar-refractivity contribution in [2.45, 2.75) is 65.5 Å². The van der Waals surface area contributed by atoms with Crippen molar-refractivity contribution in [1.29, 1.82) is 0 Å². The summed E-state index contributed by atoms with van der Waals surface area (Å²) in [7, 11) is 0. The van der Waals surface area contributed by atoms with Gasteiger partial charge in [-0.15, -0.1) is 0 Å². The Labute approximate surface area is 150 Å². The number of nitrogens with one attached hydrogen (secondary N) is 1. The summed E-state index contributed by atoms with van der Waals surface area (Å²) in [6.45, 7) is 9.51. The zero-order valence-corrected chi connectivity index (χ0v) is 15.9. The van der Waals surface area contributed by atoms with Gasteiger partial charge in [0.1, 0.15) is 0 Å². The van der Waals surface area contributed by atoms with Crippen LogP contribution in [0.4, 0.5) is 0 Å². The van der Waals surface area contributed by atoms with Gasteiger partial charge in [-0.1, -0.05) is 25.5 Å². The summed E-state index contributed by atoms with van der Waals surface area (Å²) in [5, 5.41) is 12.3. The molecule has 0 radical (unpaired) electrons. The molecule has 3 aliphatic rings. The Hall–Kier alpha value is -1.36. The molecule has 5 heteroatoms. The maximum absolute atomic E-state index is 12.6. The molecule has 140 valence electrons. The smallest absolute Gasteiger partial charge is 0.317 e. The Bertz CT molecular complexity index is 569. The largest absolute Gasteiger partial charge is 0.480 e. The topological polar surface area (TPSA) is 69.6 Å². The van der Waals surface area contributed by atoms with Gasteiger partial charge in [-0.25, -0.2) is 0 Å². The summed E-state index contributed by atoms with van der Waals surface area (Å²) in [6.07, 6.45) is 6.44. The first-order valence-electron chi connectivity index (χ1n) is 9.59. The Morgan fingerprint density at radius 2 is 1.88 bits per heavy atom. The van der Waals surface area contributed by atoms with Crippen LogP contribution in [0.5, 0.6) is 0 Å². The Morgan fingerprint density at radius 1 is 1.24 bits per heavy atom. The van der Waals surface area contributed by atoms with E-state index in [1.165, 1.54) is 18.4 Å². The van der Waals surface area contributed by atoms with E-state index >= 15 is 0 Å². The molecule has 0 bridgehead atoms. The van der Waals surface area contributed by atoms with Gasteiger partial charge >= 0.3 is 5.97 Å². The van der Waals surface area contributed by atoms with Gasteiger partial charge < -0.3 is 10.4 Å². The first kappa shape index (κ1) is 18.4. The molecule has 25 heavy (non-hydrogen) atoms. The van der Waals surface area contributed by atoms with Crippen molar-refractivity contribution in [3.63, 3.8) is 0 Å². The monoisotopic (exact) mass is 348 g/mol. The van der Waals surface area contributed by atoms with E-state index in [1.807, 2.05) is 0 Å². The number of hydrogen-bond acceptors (Lipinski definition) is 3. The van der Waals surface area contributed by atoms with Crippen LogP contribution in [0.15, 0.2) is 11.6 Å². The van der Waals surface area contributed by atoms with Crippen molar-refractivity contribution >= 4 is 11.9 Å². The lowest BCUT2D eigenvalue weighted by atomic mass is 9.85. The highest BCUT2D eigenvalue weighted by molar-refractivity contribution is 5.84. The molecule has 3 aliphatic carbocycles. The average Bonchev–Trinajstić information content (AvgIpc) is 3.31. The quantitative estimate of drug-likeness (QED) is 0.662. The molecule has 0 spiro atoms. The molecule has 5 nitrogen and oxygen atoms in total. The highest BCUT2D eigenvalue weighted by Crippen LogP contribution is 2.59. The molecule has 0 aliphatic heterocycles. The highest BCUT2D eigenvalue weighted by Gasteiger charge is 2.60. The van der Waals surface area contributed by atoms with Crippen LogP contribution in [0.25, 0.3) is 0 Å².